The predicted octanol–water partition coefficient (Wildman–Crippen LogP) is 2.69. The number of nitrogens with one attached hydrogen (secondary N) is 1. The molecule has 0 fully saturated rings. The lowest BCUT2D eigenvalue weighted by Crippen LogP contribution is -2.26. The van der Waals surface area contributed by atoms with E-state index in [1.165, 1.54) is 11.3 Å². The van der Waals surface area contributed by atoms with E-state index in [1.807, 2.05) is 23.6 Å². The Morgan fingerprint density at radius 2 is 2.16 bits per heavy atom. The van der Waals surface area contributed by atoms with Gasteiger partial charge in [0.15, 0.2) is 5.01 Å². The van der Waals surface area contributed by atoms with E-state index in [-0.39, 0.29) is 11.6 Å². The Hall–Kier alpha value is -1.69. The topological polar surface area (TPSA) is 59.8 Å². The van der Waals surface area contributed by atoms with Crippen LogP contribution in [0.1, 0.15) is 32.0 Å². The number of hydrogen-bond donors (Lipinski definition) is 1. The third-order valence-corrected chi connectivity index (χ3v) is 4.20. The molecular formula is C13H18N4OS. The second-order valence-corrected chi connectivity index (χ2v) is 5.46. The highest BCUT2D eigenvalue weighted by Gasteiger charge is 2.15. The Balaban J connectivity index is 2.56. The van der Waals surface area contributed by atoms with Gasteiger partial charge in [-0.1, -0.05) is 18.3 Å². The zero-order valence-electron chi connectivity index (χ0n) is 11.6. The smallest absolute Gasteiger partial charge is 0.261 e. The molecule has 0 amide bonds. The lowest BCUT2D eigenvalue weighted by Gasteiger charge is -2.17. The van der Waals surface area contributed by atoms with Gasteiger partial charge in [0.05, 0.1) is 5.56 Å². The molecule has 0 aliphatic heterocycles. The van der Waals surface area contributed by atoms with Crippen LogP contribution in [0.4, 0.5) is 5.13 Å². The van der Waals surface area contributed by atoms with Crippen LogP contribution in [0.2, 0.25) is 0 Å². The molecule has 2 aromatic heterocycles. The lowest BCUT2D eigenvalue weighted by atomic mass is 10.2. The average molecular weight is 278 g/mol. The molecule has 0 bridgehead atoms. The van der Waals surface area contributed by atoms with Crippen LogP contribution in [-0.2, 0) is 0 Å². The summed E-state index contributed by atoms with van der Waals surface area (Å²) in [4.78, 5) is 12.6. The van der Waals surface area contributed by atoms with Gasteiger partial charge < -0.3 is 9.88 Å². The summed E-state index contributed by atoms with van der Waals surface area (Å²) < 4.78 is 1.83. The van der Waals surface area contributed by atoms with Crippen molar-refractivity contribution in [1.29, 1.82) is 0 Å². The van der Waals surface area contributed by atoms with Crippen molar-refractivity contribution in [2.24, 2.45) is 0 Å². The van der Waals surface area contributed by atoms with Crippen molar-refractivity contribution in [3.05, 3.63) is 28.2 Å². The first-order valence-electron chi connectivity index (χ1n) is 6.32. The fraction of sp³-hybridized carbons (Fsp3) is 0.462. The van der Waals surface area contributed by atoms with E-state index >= 15 is 0 Å². The third kappa shape index (κ3) is 2.53. The number of rotatable bonds is 4. The van der Waals surface area contributed by atoms with Gasteiger partial charge in [0.1, 0.15) is 0 Å². The largest absolute Gasteiger partial charge is 0.363 e. The van der Waals surface area contributed by atoms with Crippen molar-refractivity contribution in [2.45, 2.75) is 33.2 Å². The molecule has 2 heterocycles. The molecule has 0 radical (unpaired) electrons. The Morgan fingerprint density at radius 3 is 2.74 bits per heavy atom. The lowest BCUT2D eigenvalue weighted by molar-refractivity contribution is 0.503. The summed E-state index contributed by atoms with van der Waals surface area (Å²) in [7, 11) is 1.79. The molecule has 1 N–H and O–H groups in total. The summed E-state index contributed by atoms with van der Waals surface area (Å²) in [5.41, 5.74) is 1.60. The van der Waals surface area contributed by atoms with Crippen molar-refractivity contribution in [3.8, 4) is 10.6 Å². The van der Waals surface area contributed by atoms with Gasteiger partial charge in [0.2, 0.25) is 5.13 Å². The molecule has 0 aliphatic carbocycles. The maximum Gasteiger partial charge on any atom is 0.261 e. The van der Waals surface area contributed by atoms with Crippen LogP contribution in [0.15, 0.2) is 16.9 Å². The van der Waals surface area contributed by atoms with Crippen LogP contribution < -0.4 is 10.9 Å². The van der Waals surface area contributed by atoms with Gasteiger partial charge >= 0.3 is 0 Å². The van der Waals surface area contributed by atoms with Gasteiger partial charge in [-0.3, -0.25) is 4.79 Å². The summed E-state index contributed by atoms with van der Waals surface area (Å²) in [6.07, 6.45) is 0.919. The monoisotopic (exact) mass is 278 g/mol. The van der Waals surface area contributed by atoms with E-state index in [0.717, 1.165) is 12.1 Å². The molecule has 5 nitrogen and oxygen atoms in total. The first-order chi connectivity index (χ1) is 9.08. The van der Waals surface area contributed by atoms with Crippen molar-refractivity contribution < 1.29 is 0 Å². The second-order valence-electron chi connectivity index (χ2n) is 4.48. The molecule has 2 aromatic rings. The number of pyridine rings is 1. The number of aryl methyl sites for hydroxylation is 1. The van der Waals surface area contributed by atoms with E-state index in [1.54, 1.807) is 7.05 Å². The molecule has 2 rings (SSSR count). The molecule has 0 saturated carbocycles. The Kier molecular flexibility index (Phi) is 3.99. The first-order valence-corrected chi connectivity index (χ1v) is 7.13. The Labute approximate surface area is 116 Å². The van der Waals surface area contributed by atoms with E-state index in [2.05, 4.69) is 29.4 Å². The van der Waals surface area contributed by atoms with Gasteiger partial charge in [0.25, 0.3) is 5.56 Å². The average Bonchev–Trinajstić information content (AvgIpc) is 2.87. The molecule has 0 saturated heterocycles. The number of hydrogen-bond acceptors (Lipinski definition) is 5. The van der Waals surface area contributed by atoms with Crippen LogP contribution in [0.5, 0.6) is 0 Å². The zero-order chi connectivity index (χ0) is 14.0. The van der Waals surface area contributed by atoms with Gasteiger partial charge in [-0.05, 0) is 32.4 Å². The number of anilines is 1. The van der Waals surface area contributed by atoms with E-state index in [0.29, 0.717) is 15.7 Å². The molecule has 0 aliphatic rings. The van der Waals surface area contributed by atoms with E-state index < -0.39 is 0 Å². The van der Waals surface area contributed by atoms with Crippen LogP contribution >= 0.6 is 11.3 Å². The van der Waals surface area contributed by atoms with E-state index in [4.69, 9.17) is 0 Å². The molecular weight excluding hydrogens is 260 g/mol. The standard InChI is InChI=1S/C13H18N4OS/c1-5-8(2)17-9(3)6-7-10(12(17)18)11-15-16-13(14-4)19-11/h6-8H,5H2,1-4H3,(H,14,16). The first kappa shape index (κ1) is 13.7. The van der Waals surface area contributed by atoms with Crippen molar-refractivity contribution in [2.75, 3.05) is 12.4 Å². The third-order valence-electron chi connectivity index (χ3n) is 3.22. The molecule has 0 aromatic carbocycles. The molecule has 6 heteroatoms. The highest BCUT2D eigenvalue weighted by Crippen LogP contribution is 2.24. The van der Waals surface area contributed by atoms with Crippen LogP contribution in [0, 0.1) is 6.92 Å². The highest BCUT2D eigenvalue weighted by molar-refractivity contribution is 7.18. The van der Waals surface area contributed by atoms with Crippen molar-refractivity contribution >= 4 is 16.5 Å². The summed E-state index contributed by atoms with van der Waals surface area (Å²) in [6.45, 7) is 6.08. The zero-order valence-corrected chi connectivity index (χ0v) is 12.4. The second kappa shape index (κ2) is 5.52. The van der Waals surface area contributed by atoms with Crippen LogP contribution in [0.25, 0.3) is 10.6 Å². The normalized spacial score (nSPS) is 12.4. The number of aromatic nitrogens is 3. The SMILES string of the molecule is CCC(C)n1c(C)ccc(-c2nnc(NC)s2)c1=O. The molecule has 1 unspecified atom stereocenters. The number of nitrogens with zero attached hydrogens (tertiary/aromatic N) is 3. The van der Waals surface area contributed by atoms with E-state index in [9.17, 15) is 4.79 Å². The van der Waals surface area contributed by atoms with Crippen LogP contribution in [0.3, 0.4) is 0 Å². The molecule has 1 atom stereocenters. The van der Waals surface area contributed by atoms with Gasteiger partial charge in [-0.15, -0.1) is 10.2 Å². The summed E-state index contributed by atoms with van der Waals surface area (Å²) in [5, 5.41) is 12.3. The minimum Gasteiger partial charge on any atom is -0.363 e. The van der Waals surface area contributed by atoms with Gasteiger partial charge in [-0.2, -0.15) is 0 Å². The highest BCUT2D eigenvalue weighted by atomic mass is 32.1. The Bertz CT molecular complexity index is 632. The maximum absolute atomic E-state index is 12.6. The summed E-state index contributed by atoms with van der Waals surface area (Å²) in [5.74, 6) is 0. The molecule has 102 valence electrons. The van der Waals surface area contributed by atoms with Crippen molar-refractivity contribution in [1.82, 2.24) is 14.8 Å². The minimum atomic E-state index is 0.00755. The molecule has 0 spiro atoms. The summed E-state index contributed by atoms with van der Waals surface area (Å²) in [6, 6.07) is 3.98. The fourth-order valence-corrected chi connectivity index (χ4v) is 2.69. The summed E-state index contributed by atoms with van der Waals surface area (Å²) >= 11 is 1.39. The fourth-order valence-electron chi connectivity index (χ4n) is 1.97. The minimum absolute atomic E-state index is 0.00755. The molecule has 19 heavy (non-hydrogen) atoms. The van der Waals surface area contributed by atoms with Crippen molar-refractivity contribution in [3.63, 3.8) is 0 Å². The Morgan fingerprint density at radius 1 is 1.42 bits per heavy atom. The quantitative estimate of drug-likeness (QED) is 0.934. The predicted molar refractivity (Wildman–Crippen MR) is 78.9 cm³/mol. The van der Waals surface area contributed by atoms with Gasteiger partial charge in [-0.25, -0.2) is 0 Å². The van der Waals surface area contributed by atoms with Crippen LogP contribution in [-0.4, -0.2) is 21.8 Å². The van der Waals surface area contributed by atoms with Gasteiger partial charge in [0, 0.05) is 18.8 Å². The maximum atomic E-state index is 12.6.